The molecule has 3 nitrogen and oxygen atoms in total. The van der Waals surface area contributed by atoms with Gasteiger partial charge in [-0.15, -0.1) is 0 Å². The van der Waals surface area contributed by atoms with E-state index in [1.165, 1.54) is 0 Å². The molecule has 0 saturated heterocycles. The standard InChI is InChI=1S/C23H20BrN3S/c1-16(2)27-21(22(28)25-19-13-11-18(24)12-14-19)20-10-6-7-15-26(20)23(27)17-8-4-3-5-9-17/h3-16H,1-2H3/p+1. The predicted octanol–water partition coefficient (Wildman–Crippen LogP) is 6.02. The normalized spacial score (nSPS) is 11.1. The predicted molar refractivity (Wildman–Crippen MR) is 123 cm³/mol. The number of benzene rings is 2. The molecule has 0 amide bonds. The minimum atomic E-state index is 0.245. The Labute approximate surface area is 178 Å². The Bertz CT molecular complexity index is 1130. The Morgan fingerprint density at radius 1 is 0.964 bits per heavy atom. The summed E-state index contributed by atoms with van der Waals surface area (Å²) in [4.78, 5) is 0.710. The molecule has 1 N–H and O–H groups in total. The first kappa shape index (κ1) is 18.8. The SMILES string of the molecule is CC(C)[n+]1c(C(=S)Nc2ccc(Br)cc2)c2ccccn2c1-c1ccccc1. The van der Waals surface area contributed by atoms with Crippen LogP contribution < -0.4 is 9.88 Å². The molecule has 4 aromatic rings. The lowest BCUT2D eigenvalue weighted by Gasteiger charge is -2.11. The summed E-state index contributed by atoms with van der Waals surface area (Å²) >= 11 is 9.36. The number of hydrogen-bond acceptors (Lipinski definition) is 1. The third kappa shape index (κ3) is 3.48. The van der Waals surface area contributed by atoms with Crippen molar-refractivity contribution in [3.63, 3.8) is 0 Å². The molecule has 2 aromatic carbocycles. The molecule has 0 radical (unpaired) electrons. The molecule has 28 heavy (non-hydrogen) atoms. The van der Waals surface area contributed by atoms with Gasteiger partial charge in [0.15, 0.2) is 10.5 Å². The van der Waals surface area contributed by atoms with E-state index in [-0.39, 0.29) is 6.04 Å². The number of fused-ring (bicyclic) bond motifs is 1. The summed E-state index contributed by atoms with van der Waals surface area (Å²) in [6, 6.07) is 25.0. The second kappa shape index (κ2) is 7.86. The van der Waals surface area contributed by atoms with E-state index in [1.807, 2.05) is 30.3 Å². The van der Waals surface area contributed by atoms with Crippen molar-refractivity contribution in [3.8, 4) is 11.4 Å². The van der Waals surface area contributed by atoms with Gasteiger partial charge in [-0.3, -0.25) is 0 Å². The molecular formula is C23H21BrN3S+. The molecule has 0 aliphatic carbocycles. The van der Waals surface area contributed by atoms with Crippen molar-refractivity contribution in [2.24, 2.45) is 0 Å². The number of imidazole rings is 1. The molecule has 5 heteroatoms. The van der Waals surface area contributed by atoms with Gasteiger partial charge in [0.05, 0.1) is 17.8 Å². The van der Waals surface area contributed by atoms with Crippen LogP contribution in [0.4, 0.5) is 5.69 Å². The summed E-state index contributed by atoms with van der Waals surface area (Å²) in [7, 11) is 0. The van der Waals surface area contributed by atoms with Gasteiger partial charge in [0, 0.05) is 10.2 Å². The second-order valence-corrected chi connectivity index (χ2v) is 8.24. The largest absolute Gasteiger partial charge is 0.343 e. The molecule has 0 unspecified atom stereocenters. The van der Waals surface area contributed by atoms with Gasteiger partial charge in [0.2, 0.25) is 5.69 Å². The molecule has 0 aliphatic heterocycles. The summed E-state index contributed by atoms with van der Waals surface area (Å²) in [5.41, 5.74) is 4.24. The van der Waals surface area contributed by atoms with Crippen LogP contribution in [0.2, 0.25) is 0 Å². The van der Waals surface area contributed by atoms with Crippen LogP contribution in [0.5, 0.6) is 0 Å². The van der Waals surface area contributed by atoms with Crippen LogP contribution in [0, 0.1) is 0 Å². The summed E-state index contributed by atoms with van der Waals surface area (Å²) < 4.78 is 5.58. The minimum absolute atomic E-state index is 0.245. The zero-order valence-corrected chi connectivity index (χ0v) is 18.2. The molecule has 2 heterocycles. The molecule has 2 aromatic heterocycles. The lowest BCUT2D eigenvalue weighted by molar-refractivity contribution is -0.705. The molecule has 140 valence electrons. The van der Waals surface area contributed by atoms with Crippen LogP contribution in [0.25, 0.3) is 16.9 Å². The number of hydrogen-bond donors (Lipinski definition) is 1. The fraction of sp³-hybridized carbons (Fsp3) is 0.130. The topological polar surface area (TPSA) is 20.3 Å². The monoisotopic (exact) mass is 450 g/mol. The number of rotatable bonds is 4. The molecular weight excluding hydrogens is 430 g/mol. The quantitative estimate of drug-likeness (QED) is 0.302. The number of pyridine rings is 1. The maximum Gasteiger partial charge on any atom is 0.294 e. The van der Waals surface area contributed by atoms with Gasteiger partial charge in [-0.25, -0.2) is 4.57 Å². The van der Waals surface area contributed by atoms with Crippen LogP contribution >= 0.6 is 28.1 Å². The van der Waals surface area contributed by atoms with Gasteiger partial charge in [0.1, 0.15) is 0 Å². The summed E-state index contributed by atoms with van der Waals surface area (Å²) in [5.74, 6) is 1.13. The fourth-order valence-corrected chi connectivity index (χ4v) is 4.07. The highest BCUT2D eigenvalue weighted by Gasteiger charge is 2.30. The third-order valence-electron chi connectivity index (χ3n) is 4.67. The number of nitrogens with zero attached hydrogens (tertiary/aromatic N) is 2. The van der Waals surface area contributed by atoms with Gasteiger partial charge >= 0.3 is 0 Å². The lowest BCUT2D eigenvalue weighted by atomic mass is 10.2. The molecule has 0 spiro atoms. The first-order valence-corrected chi connectivity index (χ1v) is 10.4. The zero-order chi connectivity index (χ0) is 19.7. The molecule has 4 rings (SSSR count). The van der Waals surface area contributed by atoms with E-state index in [0.717, 1.165) is 32.8 Å². The van der Waals surface area contributed by atoms with Crippen molar-refractivity contribution in [2.75, 3.05) is 5.32 Å². The lowest BCUT2D eigenvalue weighted by Crippen LogP contribution is -2.43. The summed E-state index contributed by atoms with van der Waals surface area (Å²) in [5, 5.41) is 3.41. The number of anilines is 1. The second-order valence-electron chi connectivity index (χ2n) is 6.92. The average Bonchev–Trinajstić information content (AvgIpc) is 3.06. The van der Waals surface area contributed by atoms with E-state index < -0.39 is 0 Å². The van der Waals surface area contributed by atoms with Crippen LogP contribution in [0.15, 0.2) is 83.5 Å². The number of aromatic nitrogens is 2. The van der Waals surface area contributed by atoms with Crippen molar-refractivity contribution in [3.05, 3.63) is 89.2 Å². The van der Waals surface area contributed by atoms with Crippen molar-refractivity contribution in [2.45, 2.75) is 19.9 Å². The highest BCUT2D eigenvalue weighted by atomic mass is 79.9. The van der Waals surface area contributed by atoms with Crippen LogP contribution in [0.3, 0.4) is 0 Å². The molecule has 0 bridgehead atoms. The highest BCUT2D eigenvalue weighted by Crippen LogP contribution is 2.24. The van der Waals surface area contributed by atoms with Gasteiger partial charge in [-0.1, -0.05) is 52.4 Å². The van der Waals surface area contributed by atoms with E-state index in [4.69, 9.17) is 12.2 Å². The van der Waals surface area contributed by atoms with E-state index in [9.17, 15) is 0 Å². The Balaban J connectivity index is 1.91. The smallest absolute Gasteiger partial charge is 0.294 e. The molecule has 0 aliphatic rings. The van der Waals surface area contributed by atoms with E-state index in [2.05, 4.69) is 92.7 Å². The van der Waals surface area contributed by atoms with Gasteiger partial charge in [0.25, 0.3) is 5.82 Å². The highest BCUT2D eigenvalue weighted by molar-refractivity contribution is 9.10. The third-order valence-corrected chi connectivity index (χ3v) is 5.49. The van der Waals surface area contributed by atoms with E-state index >= 15 is 0 Å². The summed E-state index contributed by atoms with van der Waals surface area (Å²) in [6.07, 6.45) is 2.10. The van der Waals surface area contributed by atoms with Crippen LogP contribution in [0.1, 0.15) is 25.6 Å². The Kier molecular flexibility index (Phi) is 5.29. The Hall–Kier alpha value is -2.50. The first-order chi connectivity index (χ1) is 13.6. The fourth-order valence-electron chi connectivity index (χ4n) is 3.48. The summed E-state index contributed by atoms with van der Waals surface area (Å²) in [6.45, 7) is 4.38. The molecule has 0 fully saturated rings. The Morgan fingerprint density at radius 2 is 1.64 bits per heavy atom. The van der Waals surface area contributed by atoms with Gasteiger partial charge in [-0.2, -0.15) is 4.40 Å². The molecule has 0 saturated carbocycles. The van der Waals surface area contributed by atoms with E-state index in [1.54, 1.807) is 0 Å². The van der Waals surface area contributed by atoms with Crippen LogP contribution in [-0.4, -0.2) is 9.39 Å². The van der Waals surface area contributed by atoms with Crippen molar-refractivity contribution in [1.82, 2.24) is 4.40 Å². The van der Waals surface area contributed by atoms with Crippen molar-refractivity contribution in [1.29, 1.82) is 0 Å². The maximum absolute atomic E-state index is 5.88. The van der Waals surface area contributed by atoms with Gasteiger partial charge in [-0.05, 0) is 62.4 Å². The number of thiocarbonyl (C=S) groups is 1. The van der Waals surface area contributed by atoms with Crippen molar-refractivity contribution >= 4 is 44.3 Å². The average molecular weight is 451 g/mol. The van der Waals surface area contributed by atoms with Gasteiger partial charge < -0.3 is 5.32 Å². The Morgan fingerprint density at radius 3 is 2.32 bits per heavy atom. The maximum atomic E-state index is 5.88. The zero-order valence-electron chi connectivity index (χ0n) is 15.8. The minimum Gasteiger partial charge on any atom is -0.343 e. The first-order valence-electron chi connectivity index (χ1n) is 9.23. The number of nitrogens with one attached hydrogen (secondary N) is 1. The van der Waals surface area contributed by atoms with E-state index in [0.29, 0.717) is 4.99 Å². The van der Waals surface area contributed by atoms with Crippen molar-refractivity contribution < 1.29 is 4.57 Å². The number of halogens is 1. The molecule has 0 atom stereocenters. The van der Waals surface area contributed by atoms with Crippen LogP contribution in [-0.2, 0) is 0 Å².